The van der Waals surface area contributed by atoms with Crippen molar-refractivity contribution in [1.82, 2.24) is 10.2 Å². The number of nitrogens with one attached hydrogen (secondary N) is 1. The molecule has 0 fully saturated rings. The van der Waals surface area contributed by atoms with Crippen LogP contribution in [0.15, 0.2) is 95.3 Å². The summed E-state index contributed by atoms with van der Waals surface area (Å²) in [5.41, 5.74) is 5.03. The highest BCUT2D eigenvalue weighted by atomic mass is 16.5. The number of para-hydroxylation sites is 1. The minimum Gasteiger partial charge on any atom is -0.508 e. The van der Waals surface area contributed by atoms with Gasteiger partial charge in [0.05, 0.1) is 12.7 Å². The van der Waals surface area contributed by atoms with E-state index in [4.69, 9.17) is 9.47 Å². The molecule has 2 unspecified atom stereocenters. The van der Waals surface area contributed by atoms with E-state index in [1.165, 1.54) is 4.90 Å². The Bertz CT molecular complexity index is 1600. The standard InChI is InChI=1S/C34H34N2O6/c1-20-30(34(40)42-19-21-12-14-22(15-13-21)33(39)36(2)3)31(23-8-7-9-25(37)16-23)32-27(35-20)17-24(18-28(32)38)26-10-5-6-11-29(26)41-4/h5-16,24,31,35,37H,17-19H2,1-4H3. The number of aromatic hydroxyl groups is 1. The van der Waals surface area contributed by atoms with Gasteiger partial charge in [-0.05, 0) is 60.4 Å². The fraction of sp³-hybridized carbons (Fsp3) is 0.265. The number of carbonyl (C=O) groups is 3. The van der Waals surface area contributed by atoms with Crippen molar-refractivity contribution in [3.63, 3.8) is 0 Å². The molecule has 0 bridgehead atoms. The Morgan fingerprint density at radius 2 is 1.74 bits per heavy atom. The zero-order chi connectivity index (χ0) is 30.0. The summed E-state index contributed by atoms with van der Waals surface area (Å²) < 4.78 is 11.3. The SMILES string of the molecule is COc1ccccc1C1CC(=O)C2=C(C1)NC(C)=C(C(=O)OCc1ccc(C(=O)N(C)C)cc1)C2c1cccc(O)c1. The second-order valence-electron chi connectivity index (χ2n) is 10.8. The number of hydrogen-bond donors (Lipinski definition) is 2. The highest BCUT2D eigenvalue weighted by Gasteiger charge is 2.42. The van der Waals surface area contributed by atoms with Crippen LogP contribution in [0.1, 0.15) is 58.6 Å². The Hall–Kier alpha value is -4.85. The van der Waals surface area contributed by atoms with E-state index in [-0.39, 0.29) is 36.4 Å². The van der Waals surface area contributed by atoms with Gasteiger partial charge in [-0.3, -0.25) is 9.59 Å². The first-order valence-electron chi connectivity index (χ1n) is 13.8. The summed E-state index contributed by atoms with van der Waals surface area (Å²) >= 11 is 0. The maximum atomic E-state index is 13.9. The fourth-order valence-electron chi connectivity index (χ4n) is 5.80. The topological polar surface area (TPSA) is 105 Å². The third kappa shape index (κ3) is 5.65. The smallest absolute Gasteiger partial charge is 0.337 e. The van der Waals surface area contributed by atoms with E-state index < -0.39 is 11.9 Å². The summed E-state index contributed by atoms with van der Waals surface area (Å²) in [5, 5.41) is 13.7. The van der Waals surface area contributed by atoms with Gasteiger partial charge in [-0.2, -0.15) is 0 Å². The molecule has 8 heteroatoms. The number of benzene rings is 3. The average molecular weight is 567 g/mol. The zero-order valence-corrected chi connectivity index (χ0v) is 24.1. The molecule has 1 aliphatic heterocycles. The van der Waals surface area contributed by atoms with Crippen LogP contribution in [0.2, 0.25) is 0 Å². The largest absolute Gasteiger partial charge is 0.508 e. The lowest BCUT2D eigenvalue weighted by atomic mass is 9.71. The van der Waals surface area contributed by atoms with Crippen LogP contribution in [0.5, 0.6) is 11.5 Å². The molecule has 0 radical (unpaired) electrons. The Labute approximate surface area is 245 Å². The number of phenolic OH excluding ortho intramolecular Hbond substituents is 1. The predicted molar refractivity (Wildman–Crippen MR) is 158 cm³/mol. The molecule has 0 saturated heterocycles. The quantitative estimate of drug-likeness (QED) is 0.379. The van der Waals surface area contributed by atoms with Crippen molar-refractivity contribution < 1.29 is 29.0 Å². The predicted octanol–water partition coefficient (Wildman–Crippen LogP) is 5.21. The lowest BCUT2D eigenvalue weighted by Crippen LogP contribution is -2.36. The normalized spacial score (nSPS) is 18.2. The lowest BCUT2D eigenvalue weighted by molar-refractivity contribution is -0.140. The molecular formula is C34H34N2O6. The zero-order valence-electron chi connectivity index (χ0n) is 24.1. The van der Waals surface area contributed by atoms with Gasteiger partial charge in [0.25, 0.3) is 5.91 Å². The number of phenols is 1. The molecule has 42 heavy (non-hydrogen) atoms. The molecule has 0 spiro atoms. The van der Waals surface area contributed by atoms with Crippen molar-refractivity contribution in [2.24, 2.45) is 0 Å². The van der Waals surface area contributed by atoms with E-state index in [0.717, 1.165) is 22.6 Å². The van der Waals surface area contributed by atoms with Crippen molar-refractivity contribution >= 4 is 17.7 Å². The van der Waals surface area contributed by atoms with Gasteiger partial charge in [-0.25, -0.2) is 4.79 Å². The Morgan fingerprint density at radius 3 is 2.43 bits per heavy atom. The number of Topliss-reactive ketones (excluding diaryl/α,β-unsaturated/α-hetero) is 1. The molecule has 2 N–H and O–H groups in total. The summed E-state index contributed by atoms with van der Waals surface area (Å²) in [5.74, 6) is -0.771. The molecule has 0 aromatic heterocycles. The van der Waals surface area contributed by atoms with Crippen LogP contribution >= 0.6 is 0 Å². The van der Waals surface area contributed by atoms with Gasteiger partial charge in [0.15, 0.2) is 5.78 Å². The van der Waals surface area contributed by atoms with E-state index in [9.17, 15) is 19.5 Å². The van der Waals surface area contributed by atoms with Crippen molar-refractivity contribution in [3.05, 3.63) is 118 Å². The third-order valence-corrected chi connectivity index (χ3v) is 7.81. The Balaban J connectivity index is 1.45. The molecule has 3 aromatic rings. The van der Waals surface area contributed by atoms with Crippen molar-refractivity contribution in [1.29, 1.82) is 0 Å². The monoisotopic (exact) mass is 566 g/mol. The highest BCUT2D eigenvalue weighted by molar-refractivity contribution is 6.04. The fourth-order valence-corrected chi connectivity index (χ4v) is 5.80. The molecule has 1 amide bonds. The lowest BCUT2D eigenvalue weighted by Gasteiger charge is -2.37. The molecule has 2 aliphatic rings. The number of amides is 1. The van der Waals surface area contributed by atoms with Crippen LogP contribution in [0.3, 0.4) is 0 Å². The summed E-state index contributed by atoms with van der Waals surface area (Å²) in [6, 6.07) is 21.2. The maximum Gasteiger partial charge on any atom is 0.337 e. The molecular weight excluding hydrogens is 532 g/mol. The minimum atomic E-state index is -0.702. The van der Waals surface area contributed by atoms with Crippen LogP contribution in [-0.4, -0.2) is 48.9 Å². The number of ether oxygens (including phenoxy) is 2. The van der Waals surface area contributed by atoms with Gasteiger partial charge < -0.3 is 24.8 Å². The van der Waals surface area contributed by atoms with Crippen LogP contribution in [-0.2, 0) is 20.9 Å². The molecule has 1 heterocycles. The molecule has 216 valence electrons. The number of allylic oxidation sites excluding steroid dienone is 3. The second kappa shape index (κ2) is 11.9. The molecule has 0 saturated carbocycles. The molecule has 1 aliphatic carbocycles. The average Bonchev–Trinajstić information content (AvgIpc) is 2.98. The van der Waals surface area contributed by atoms with E-state index in [1.807, 2.05) is 24.3 Å². The van der Waals surface area contributed by atoms with Gasteiger partial charge in [-0.1, -0.05) is 42.5 Å². The van der Waals surface area contributed by atoms with Crippen LogP contribution in [0.25, 0.3) is 0 Å². The number of methoxy groups -OCH3 is 1. The maximum absolute atomic E-state index is 13.9. The highest BCUT2D eigenvalue weighted by Crippen LogP contribution is 2.47. The third-order valence-electron chi connectivity index (χ3n) is 7.81. The number of ketones is 1. The number of rotatable bonds is 7. The first kappa shape index (κ1) is 28.7. The number of nitrogens with zero attached hydrogens (tertiary/aromatic N) is 1. The second-order valence-corrected chi connectivity index (χ2v) is 10.8. The Kier molecular flexibility index (Phi) is 8.15. The molecule has 5 rings (SSSR count). The van der Waals surface area contributed by atoms with E-state index in [1.54, 1.807) is 76.7 Å². The summed E-state index contributed by atoms with van der Waals surface area (Å²) in [4.78, 5) is 41.2. The van der Waals surface area contributed by atoms with Gasteiger partial charge in [0.1, 0.15) is 18.1 Å². The first-order chi connectivity index (χ1) is 20.2. The number of esters is 1. The van der Waals surface area contributed by atoms with Crippen molar-refractivity contribution in [2.75, 3.05) is 21.2 Å². The summed E-state index contributed by atoms with van der Waals surface area (Å²) in [6.07, 6.45) is 0.823. The van der Waals surface area contributed by atoms with Gasteiger partial charge in [-0.15, -0.1) is 0 Å². The van der Waals surface area contributed by atoms with E-state index in [2.05, 4.69) is 5.32 Å². The minimum absolute atomic E-state index is 0.00542. The number of hydrogen-bond acceptors (Lipinski definition) is 7. The number of dihydropyridines is 1. The molecule has 8 nitrogen and oxygen atoms in total. The van der Waals surface area contributed by atoms with Crippen LogP contribution < -0.4 is 10.1 Å². The molecule has 3 aromatic carbocycles. The summed E-state index contributed by atoms with van der Waals surface area (Å²) in [7, 11) is 4.99. The van der Waals surface area contributed by atoms with Crippen LogP contribution in [0.4, 0.5) is 0 Å². The van der Waals surface area contributed by atoms with Gasteiger partial charge in [0.2, 0.25) is 0 Å². The first-order valence-corrected chi connectivity index (χ1v) is 13.8. The van der Waals surface area contributed by atoms with Crippen molar-refractivity contribution in [2.45, 2.75) is 38.2 Å². The van der Waals surface area contributed by atoms with Crippen LogP contribution in [0, 0.1) is 0 Å². The Morgan fingerprint density at radius 1 is 1.00 bits per heavy atom. The van der Waals surface area contributed by atoms with Gasteiger partial charge >= 0.3 is 5.97 Å². The van der Waals surface area contributed by atoms with E-state index >= 15 is 0 Å². The molecule has 2 atom stereocenters. The summed E-state index contributed by atoms with van der Waals surface area (Å²) in [6.45, 7) is 1.80. The van der Waals surface area contributed by atoms with Gasteiger partial charge in [0, 0.05) is 54.9 Å². The number of carbonyl (C=O) groups excluding carboxylic acids is 3. The van der Waals surface area contributed by atoms with E-state index in [0.29, 0.717) is 34.4 Å². The van der Waals surface area contributed by atoms with Crippen molar-refractivity contribution in [3.8, 4) is 11.5 Å².